The standard InChI is InChI=1S/C14H20N4O3/c1-14(2,3)16-13(20)18-7-6-10-9(8-18)4-5-11(15-10)12(19)17-21/h4-5,21H,6-8H2,1-3H3,(H,16,20)(H,17,19). The average molecular weight is 292 g/mol. The maximum absolute atomic E-state index is 12.1. The SMILES string of the molecule is CC(C)(C)NC(=O)N1CCc2nc(C(=O)NO)ccc2C1. The summed E-state index contributed by atoms with van der Waals surface area (Å²) in [7, 11) is 0. The van der Waals surface area contributed by atoms with Crippen LogP contribution in [0, 0.1) is 0 Å². The van der Waals surface area contributed by atoms with E-state index in [1.54, 1.807) is 16.4 Å². The third kappa shape index (κ3) is 3.69. The lowest BCUT2D eigenvalue weighted by Crippen LogP contribution is -2.49. The zero-order valence-corrected chi connectivity index (χ0v) is 12.4. The first-order chi connectivity index (χ1) is 9.80. The van der Waals surface area contributed by atoms with Gasteiger partial charge in [-0.3, -0.25) is 10.0 Å². The van der Waals surface area contributed by atoms with E-state index in [0.717, 1.165) is 11.3 Å². The molecule has 7 heteroatoms. The van der Waals surface area contributed by atoms with Gasteiger partial charge in [0.25, 0.3) is 5.91 Å². The molecule has 0 saturated heterocycles. The predicted molar refractivity (Wildman–Crippen MR) is 75.9 cm³/mol. The molecular weight excluding hydrogens is 272 g/mol. The minimum atomic E-state index is -0.634. The molecule has 0 atom stereocenters. The van der Waals surface area contributed by atoms with Crippen LogP contribution in [0.4, 0.5) is 4.79 Å². The van der Waals surface area contributed by atoms with Crippen molar-refractivity contribution < 1.29 is 14.8 Å². The molecule has 7 nitrogen and oxygen atoms in total. The van der Waals surface area contributed by atoms with Crippen molar-refractivity contribution in [3.8, 4) is 0 Å². The molecule has 0 radical (unpaired) electrons. The molecule has 1 aliphatic rings. The van der Waals surface area contributed by atoms with Crippen LogP contribution >= 0.6 is 0 Å². The Morgan fingerprint density at radius 3 is 2.67 bits per heavy atom. The van der Waals surface area contributed by atoms with E-state index in [2.05, 4.69) is 10.3 Å². The third-order valence-corrected chi connectivity index (χ3v) is 3.15. The first-order valence-corrected chi connectivity index (χ1v) is 6.80. The molecule has 3 amide bonds. The van der Waals surface area contributed by atoms with Gasteiger partial charge in [-0.15, -0.1) is 0 Å². The molecule has 21 heavy (non-hydrogen) atoms. The monoisotopic (exact) mass is 292 g/mol. The Hall–Kier alpha value is -2.15. The van der Waals surface area contributed by atoms with E-state index < -0.39 is 5.91 Å². The normalized spacial score (nSPS) is 14.4. The lowest BCUT2D eigenvalue weighted by atomic mass is 10.0. The van der Waals surface area contributed by atoms with Gasteiger partial charge in [0.05, 0.1) is 0 Å². The number of carbonyl (C=O) groups excluding carboxylic acids is 2. The number of hydroxylamine groups is 1. The van der Waals surface area contributed by atoms with Crippen LogP contribution in [0.2, 0.25) is 0 Å². The molecule has 114 valence electrons. The summed E-state index contributed by atoms with van der Waals surface area (Å²) >= 11 is 0. The second-order valence-electron chi connectivity index (χ2n) is 6.09. The topological polar surface area (TPSA) is 94.6 Å². The van der Waals surface area contributed by atoms with Crippen molar-refractivity contribution in [3.05, 3.63) is 29.1 Å². The van der Waals surface area contributed by atoms with E-state index in [0.29, 0.717) is 19.5 Å². The van der Waals surface area contributed by atoms with Gasteiger partial charge in [0.15, 0.2) is 0 Å². The maximum atomic E-state index is 12.1. The smallest absolute Gasteiger partial charge is 0.318 e. The quantitative estimate of drug-likeness (QED) is 0.533. The molecule has 0 saturated carbocycles. The number of amides is 3. The van der Waals surface area contributed by atoms with Crippen LogP contribution in [0.3, 0.4) is 0 Å². The molecule has 2 heterocycles. The molecule has 0 fully saturated rings. The summed E-state index contributed by atoms with van der Waals surface area (Å²) in [4.78, 5) is 29.4. The van der Waals surface area contributed by atoms with Gasteiger partial charge < -0.3 is 10.2 Å². The van der Waals surface area contributed by atoms with Crippen LogP contribution in [0.5, 0.6) is 0 Å². The number of hydrogen-bond acceptors (Lipinski definition) is 4. The van der Waals surface area contributed by atoms with Gasteiger partial charge in [0.2, 0.25) is 0 Å². The summed E-state index contributed by atoms with van der Waals surface area (Å²) in [5.74, 6) is -0.634. The number of pyridine rings is 1. The molecule has 0 aromatic carbocycles. The first kappa shape index (κ1) is 15.2. The van der Waals surface area contributed by atoms with Crippen LogP contribution in [0.1, 0.15) is 42.5 Å². The highest BCUT2D eigenvalue weighted by Gasteiger charge is 2.25. The van der Waals surface area contributed by atoms with Crippen LogP contribution in [-0.4, -0.2) is 39.1 Å². The number of hydrogen-bond donors (Lipinski definition) is 3. The molecule has 0 bridgehead atoms. The Labute approximate surface area is 123 Å². The van der Waals surface area contributed by atoms with Gasteiger partial charge in [0.1, 0.15) is 5.69 Å². The van der Waals surface area contributed by atoms with Crippen molar-refractivity contribution >= 4 is 11.9 Å². The first-order valence-electron chi connectivity index (χ1n) is 6.80. The largest absolute Gasteiger partial charge is 0.333 e. The highest BCUT2D eigenvalue weighted by atomic mass is 16.5. The summed E-state index contributed by atoms with van der Waals surface area (Å²) < 4.78 is 0. The molecular formula is C14H20N4O3. The second kappa shape index (κ2) is 5.69. The van der Waals surface area contributed by atoms with Gasteiger partial charge in [-0.05, 0) is 32.4 Å². The summed E-state index contributed by atoms with van der Waals surface area (Å²) in [6, 6.07) is 3.20. The van der Waals surface area contributed by atoms with Crippen LogP contribution < -0.4 is 10.8 Å². The number of fused-ring (bicyclic) bond motifs is 1. The van der Waals surface area contributed by atoms with Gasteiger partial charge in [-0.2, -0.15) is 0 Å². The van der Waals surface area contributed by atoms with Crippen molar-refractivity contribution in [2.45, 2.75) is 39.3 Å². The number of rotatable bonds is 1. The molecule has 2 rings (SSSR count). The number of carbonyl (C=O) groups is 2. The molecule has 1 aromatic heterocycles. The van der Waals surface area contributed by atoms with E-state index in [4.69, 9.17) is 5.21 Å². The lowest BCUT2D eigenvalue weighted by molar-refractivity contribution is 0.0700. The highest BCUT2D eigenvalue weighted by molar-refractivity contribution is 5.91. The lowest BCUT2D eigenvalue weighted by Gasteiger charge is -2.31. The highest BCUT2D eigenvalue weighted by Crippen LogP contribution is 2.18. The number of aromatic nitrogens is 1. The van der Waals surface area contributed by atoms with Gasteiger partial charge in [0, 0.05) is 30.7 Å². The van der Waals surface area contributed by atoms with Crippen LogP contribution in [-0.2, 0) is 13.0 Å². The van der Waals surface area contributed by atoms with Crippen LogP contribution in [0.15, 0.2) is 12.1 Å². The minimum absolute atomic E-state index is 0.106. The average Bonchev–Trinajstić information content (AvgIpc) is 2.43. The minimum Gasteiger partial charge on any atom is -0.333 e. The number of nitrogens with one attached hydrogen (secondary N) is 2. The zero-order chi connectivity index (χ0) is 15.6. The molecule has 0 unspecified atom stereocenters. The predicted octanol–water partition coefficient (Wildman–Crippen LogP) is 1.07. The van der Waals surface area contributed by atoms with E-state index in [1.165, 1.54) is 6.07 Å². The summed E-state index contributed by atoms with van der Waals surface area (Å²) in [6.07, 6.45) is 0.583. The van der Waals surface area contributed by atoms with E-state index in [9.17, 15) is 9.59 Å². The van der Waals surface area contributed by atoms with E-state index >= 15 is 0 Å². The molecule has 1 aromatic rings. The third-order valence-electron chi connectivity index (χ3n) is 3.15. The summed E-state index contributed by atoms with van der Waals surface area (Å²) in [5.41, 5.74) is 3.16. The molecule has 1 aliphatic heterocycles. The Balaban J connectivity index is 2.11. The molecule has 0 aliphatic carbocycles. The van der Waals surface area contributed by atoms with Gasteiger partial charge in [-0.25, -0.2) is 15.3 Å². The summed E-state index contributed by atoms with van der Waals surface area (Å²) in [5, 5.41) is 11.5. The summed E-state index contributed by atoms with van der Waals surface area (Å²) in [6.45, 7) is 6.82. The molecule has 3 N–H and O–H groups in total. The van der Waals surface area contributed by atoms with E-state index in [-0.39, 0.29) is 17.3 Å². The fourth-order valence-corrected chi connectivity index (χ4v) is 2.17. The van der Waals surface area contributed by atoms with Crippen molar-refractivity contribution in [2.24, 2.45) is 0 Å². The fraction of sp³-hybridized carbons (Fsp3) is 0.500. The maximum Gasteiger partial charge on any atom is 0.318 e. The van der Waals surface area contributed by atoms with Crippen molar-refractivity contribution in [1.82, 2.24) is 20.7 Å². The Bertz CT molecular complexity index is 566. The number of nitrogens with zero attached hydrogens (tertiary/aromatic N) is 2. The molecule has 0 spiro atoms. The van der Waals surface area contributed by atoms with Gasteiger partial charge >= 0.3 is 6.03 Å². The van der Waals surface area contributed by atoms with Crippen LogP contribution in [0.25, 0.3) is 0 Å². The second-order valence-corrected chi connectivity index (χ2v) is 6.09. The van der Waals surface area contributed by atoms with Gasteiger partial charge in [-0.1, -0.05) is 6.07 Å². The Kier molecular flexibility index (Phi) is 4.13. The number of urea groups is 1. The van der Waals surface area contributed by atoms with Crippen molar-refractivity contribution in [2.75, 3.05) is 6.54 Å². The van der Waals surface area contributed by atoms with Crippen molar-refractivity contribution in [1.29, 1.82) is 0 Å². The Morgan fingerprint density at radius 2 is 2.05 bits per heavy atom. The van der Waals surface area contributed by atoms with Crippen molar-refractivity contribution in [3.63, 3.8) is 0 Å². The zero-order valence-electron chi connectivity index (χ0n) is 12.4. The van der Waals surface area contributed by atoms with E-state index in [1.807, 2.05) is 20.8 Å². The Morgan fingerprint density at radius 1 is 1.33 bits per heavy atom. The fourth-order valence-electron chi connectivity index (χ4n) is 2.17.